The molecule has 0 fully saturated rings. The van der Waals surface area contributed by atoms with Gasteiger partial charge in [-0.2, -0.15) is 4.98 Å². The highest BCUT2D eigenvalue weighted by molar-refractivity contribution is 5.97. The second-order valence-electron chi connectivity index (χ2n) is 9.71. The van der Waals surface area contributed by atoms with Crippen LogP contribution in [-0.4, -0.2) is 53.9 Å². The summed E-state index contributed by atoms with van der Waals surface area (Å²) in [4.78, 5) is 26.6. The molecule has 5 N–H and O–H groups in total. The van der Waals surface area contributed by atoms with Crippen molar-refractivity contribution in [2.45, 2.75) is 26.3 Å². The van der Waals surface area contributed by atoms with Crippen molar-refractivity contribution in [3.05, 3.63) is 54.7 Å². The zero-order valence-electron chi connectivity index (χ0n) is 22.7. The Kier molecular flexibility index (Phi) is 8.30. The Morgan fingerprint density at radius 3 is 2.26 bits per heavy atom. The summed E-state index contributed by atoms with van der Waals surface area (Å²) in [5.74, 6) is 2.60. The molecule has 2 aromatic carbocycles. The maximum Gasteiger partial charge on any atom is 0.320 e. The van der Waals surface area contributed by atoms with E-state index in [1.807, 2.05) is 63.2 Å². The molecule has 0 unspecified atom stereocenters. The SMILES string of the molecule is COc1cc(OC)cc(-c2cc3cnc(Nc4ccc(OCCN)cc4)nc3nc2NC(=O)NC(C)(C)C)c1. The molecule has 39 heavy (non-hydrogen) atoms. The summed E-state index contributed by atoms with van der Waals surface area (Å²) in [6.45, 7) is 6.59. The van der Waals surface area contributed by atoms with Gasteiger partial charge in [-0.25, -0.2) is 14.8 Å². The third kappa shape index (κ3) is 7.23. The molecule has 204 valence electrons. The Labute approximate surface area is 227 Å². The van der Waals surface area contributed by atoms with Gasteiger partial charge >= 0.3 is 6.03 Å². The molecule has 0 aliphatic heterocycles. The van der Waals surface area contributed by atoms with Crippen LogP contribution in [0.3, 0.4) is 0 Å². The number of anilines is 3. The lowest BCUT2D eigenvalue weighted by Gasteiger charge is -2.21. The number of ether oxygens (including phenoxy) is 3. The number of rotatable bonds is 9. The monoisotopic (exact) mass is 531 g/mol. The summed E-state index contributed by atoms with van der Waals surface area (Å²) in [5.41, 5.74) is 7.62. The molecule has 2 heterocycles. The predicted molar refractivity (Wildman–Crippen MR) is 152 cm³/mol. The van der Waals surface area contributed by atoms with Gasteiger partial charge < -0.3 is 30.6 Å². The van der Waals surface area contributed by atoms with Crippen molar-refractivity contribution in [1.82, 2.24) is 20.3 Å². The van der Waals surface area contributed by atoms with Gasteiger partial charge in [-0.05, 0) is 68.8 Å². The van der Waals surface area contributed by atoms with Crippen LogP contribution in [0.5, 0.6) is 17.2 Å². The fourth-order valence-electron chi connectivity index (χ4n) is 3.72. The van der Waals surface area contributed by atoms with E-state index < -0.39 is 11.6 Å². The highest BCUT2D eigenvalue weighted by Crippen LogP contribution is 2.35. The number of pyridine rings is 1. The number of methoxy groups -OCH3 is 2. The first kappa shape index (κ1) is 27.4. The molecular weight excluding hydrogens is 498 g/mol. The number of hydrogen-bond donors (Lipinski definition) is 4. The zero-order valence-corrected chi connectivity index (χ0v) is 22.7. The minimum atomic E-state index is -0.440. The van der Waals surface area contributed by atoms with Crippen molar-refractivity contribution in [2.75, 3.05) is 38.0 Å². The molecule has 0 saturated heterocycles. The van der Waals surface area contributed by atoms with Gasteiger partial charge in [0.05, 0.1) is 14.2 Å². The number of nitrogens with one attached hydrogen (secondary N) is 3. The molecule has 0 bridgehead atoms. The highest BCUT2D eigenvalue weighted by atomic mass is 16.5. The average molecular weight is 532 g/mol. The lowest BCUT2D eigenvalue weighted by Crippen LogP contribution is -2.43. The van der Waals surface area contributed by atoms with Crippen LogP contribution in [0.2, 0.25) is 0 Å². The summed E-state index contributed by atoms with van der Waals surface area (Å²) in [6.07, 6.45) is 1.68. The molecular formula is C28H33N7O4. The van der Waals surface area contributed by atoms with Crippen LogP contribution in [0, 0.1) is 0 Å². The van der Waals surface area contributed by atoms with Crippen molar-refractivity contribution in [1.29, 1.82) is 0 Å². The Hall–Kier alpha value is -4.64. The number of hydrogen-bond acceptors (Lipinski definition) is 9. The van der Waals surface area contributed by atoms with Gasteiger partial charge in [0, 0.05) is 41.0 Å². The van der Waals surface area contributed by atoms with Crippen molar-refractivity contribution in [2.24, 2.45) is 5.73 Å². The van der Waals surface area contributed by atoms with E-state index in [1.165, 1.54) is 0 Å². The van der Waals surface area contributed by atoms with Gasteiger partial charge in [-0.1, -0.05) is 0 Å². The molecule has 0 aliphatic carbocycles. The van der Waals surface area contributed by atoms with E-state index in [-0.39, 0.29) is 0 Å². The topological polar surface area (TPSA) is 146 Å². The normalized spacial score (nSPS) is 11.1. The predicted octanol–water partition coefficient (Wildman–Crippen LogP) is 4.71. The minimum absolute atomic E-state index is 0.325. The Morgan fingerprint density at radius 2 is 1.64 bits per heavy atom. The van der Waals surface area contributed by atoms with Crippen molar-refractivity contribution in [3.8, 4) is 28.4 Å². The molecule has 0 spiro atoms. The standard InChI is InChI=1S/C28H33N7O4/c1-28(2,3)35-27(36)34-25-23(17-12-21(37-4)15-22(13-17)38-5)14-18-16-30-26(33-24(18)32-25)31-19-6-8-20(9-7-19)39-11-10-29/h6-9,12-16H,10-11,29H2,1-5H3,(H3,30,31,32,33,34,35,36). The van der Waals surface area contributed by atoms with Crippen LogP contribution >= 0.6 is 0 Å². The van der Waals surface area contributed by atoms with E-state index in [0.717, 1.165) is 17.0 Å². The first-order valence-corrected chi connectivity index (χ1v) is 12.4. The van der Waals surface area contributed by atoms with Crippen LogP contribution in [0.1, 0.15) is 20.8 Å². The smallest absolute Gasteiger partial charge is 0.320 e. The van der Waals surface area contributed by atoms with E-state index in [1.54, 1.807) is 26.5 Å². The molecule has 2 amide bonds. The zero-order chi connectivity index (χ0) is 28.0. The maximum absolute atomic E-state index is 12.8. The molecule has 4 aromatic rings. The first-order valence-electron chi connectivity index (χ1n) is 12.4. The Balaban J connectivity index is 1.72. The lowest BCUT2D eigenvalue weighted by atomic mass is 10.0. The molecule has 4 rings (SSSR count). The summed E-state index contributed by atoms with van der Waals surface area (Å²) < 4.78 is 16.4. The number of urea groups is 1. The lowest BCUT2D eigenvalue weighted by molar-refractivity contribution is 0.243. The largest absolute Gasteiger partial charge is 0.497 e. The number of benzene rings is 2. The number of carbonyl (C=O) groups excluding carboxylic acids is 1. The first-order chi connectivity index (χ1) is 18.7. The fraction of sp³-hybridized carbons (Fsp3) is 0.286. The summed E-state index contributed by atoms with van der Waals surface area (Å²) in [6, 6.07) is 14.3. The van der Waals surface area contributed by atoms with Gasteiger partial charge in [-0.3, -0.25) is 5.32 Å². The van der Waals surface area contributed by atoms with Crippen molar-refractivity contribution in [3.63, 3.8) is 0 Å². The maximum atomic E-state index is 12.8. The molecule has 0 radical (unpaired) electrons. The molecule has 0 atom stereocenters. The number of nitrogens with two attached hydrogens (primary N) is 1. The van der Waals surface area contributed by atoms with Gasteiger partial charge in [0.2, 0.25) is 5.95 Å². The minimum Gasteiger partial charge on any atom is -0.497 e. The van der Waals surface area contributed by atoms with E-state index in [0.29, 0.717) is 53.0 Å². The number of nitrogens with zero attached hydrogens (tertiary/aromatic N) is 3. The summed E-state index contributed by atoms with van der Waals surface area (Å²) in [5, 5.41) is 9.63. The quantitative estimate of drug-likeness (QED) is 0.241. The second kappa shape index (κ2) is 11.8. The van der Waals surface area contributed by atoms with Gasteiger partial charge in [0.15, 0.2) is 5.65 Å². The van der Waals surface area contributed by atoms with Crippen LogP contribution in [0.4, 0.5) is 22.2 Å². The second-order valence-corrected chi connectivity index (χ2v) is 9.71. The van der Waals surface area contributed by atoms with E-state index in [4.69, 9.17) is 24.9 Å². The third-order valence-corrected chi connectivity index (χ3v) is 5.45. The van der Waals surface area contributed by atoms with Crippen LogP contribution in [-0.2, 0) is 0 Å². The Bertz CT molecular complexity index is 1430. The number of carbonyl (C=O) groups is 1. The van der Waals surface area contributed by atoms with Gasteiger partial charge in [0.1, 0.15) is 29.7 Å². The number of amides is 2. The van der Waals surface area contributed by atoms with Crippen molar-refractivity contribution >= 4 is 34.5 Å². The van der Waals surface area contributed by atoms with Crippen molar-refractivity contribution < 1.29 is 19.0 Å². The van der Waals surface area contributed by atoms with E-state index in [9.17, 15) is 4.79 Å². The molecule has 0 saturated carbocycles. The van der Waals surface area contributed by atoms with Gasteiger partial charge in [-0.15, -0.1) is 0 Å². The molecule has 2 aromatic heterocycles. The van der Waals surface area contributed by atoms with E-state index in [2.05, 4.69) is 25.9 Å². The summed E-state index contributed by atoms with van der Waals surface area (Å²) in [7, 11) is 3.16. The van der Waals surface area contributed by atoms with Gasteiger partial charge in [0.25, 0.3) is 0 Å². The van der Waals surface area contributed by atoms with Crippen LogP contribution in [0.15, 0.2) is 54.7 Å². The third-order valence-electron chi connectivity index (χ3n) is 5.45. The number of aromatic nitrogens is 3. The molecule has 11 heteroatoms. The van der Waals surface area contributed by atoms with Crippen LogP contribution in [0.25, 0.3) is 22.2 Å². The summed E-state index contributed by atoms with van der Waals surface area (Å²) >= 11 is 0. The average Bonchev–Trinajstić information content (AvgIpc) is 2.90. The van der Waals surface area contributed by atoms with E-state index >= 15 is 0 Å². The van der Waals surface area contributed by atoms with Crippen LogP contribution < -0.4 is 35.9 Å². The number of fused-ring (bicyclic) bond motifs is 1. The molecule has 11 nitrogen and oxygen atoms in total. The Morgan fingerprint density at radius 1 is 0.949 bits per heavy atom. The fourth-order valence-corrected chi connectivity index (χ4v) is 3.72. The highest BCUT2D eigenvalue weighted by Gasteiger charge is 2.18. The molecule has 0 aliphatic rings.